The summed E-state index contributed by atoms with van der Waals surface area (Å²) in [6, 6.07) is 0. The predicted octanol–water partition coefficient (Wildman–Crippen LogP) is 3.21. The number of hydrogen-bond acceptors (Lipinski definition) is 8. The molecule has 0 rings (SSSR count). The van der Waals surface area contributed by atoms with Crippen molar-refractivity contribution < 1.29 is 39.5 Å². The molecule has 0 aliphatic rings. The second-order valence-electron chi connectivity index (χ2n) is 4.41. The lowest BCUT2D eigenvalue weighted by Gasteiger charge is -1.99. The van der Waals surface area contributed by atoms with Gasteiger partial charge in [-0.3, -0.25) is 9.59 Å². The molecular weight excluding hydrogens is 404 g/mol. The molecule has 0 bridgehead atoms. The molecule has 0 aliphatic heterocycles. The third-order valence-electron chi connectivity index (χ3n) is 1.27. The highest BCUT2D eigenvalue weighted by Crippen LogP contribution is 1.94. The average Bonchev–Trinajstić information content (AvgIpc) is 2.75. The molecular formula is C23H48O8. The van der Waals surface area contributed by atoms with Crippen LogP contribution in [-0.2, 0) is 19.1 Å². The lowest BCUT2D eigenvalue weighted by Crippen LogP contribution is -2.08. The second kappa shape index (κ2) is 70.8. The zero-order chi connectivity index (χ0) is 26.3. The van der Waals surface area contributed by atoms with Crippen molar-refractivity contribution in [2.75, 3.05) is 40.1 Å². The minimum absolute atomic E-state index is 0.0926. The standard InChI is InChI=1S/C7H12O4.4C3H6.2C2H6O2/c1-3-11-7(9)5-4-6(8)10-2;4*1-3-2;2*3-1-2-4/h3-5H2,1-2H3;4*3H,1H2,2H3;2*3-4H,1-2H2. The van der Waals surface area contributed by atoms with Crippen LogP contribution in [0.3, 0.4) is 0 Å². The summed E-state index contributed by atoms with van der Waals surface area (Å²) in [4.78, 5) is 21.1. The molecule has 188 valence electrons. The number of esters is 2. The van der Waals surface area contributed by atoms with Crippen molar-refractivity contribution in [2.45, 2.75) is 47.5 Å². The second-order valence-corrected chi connectivity index (χ2v) is 4.41. The molecule has 0 spiro atoms. The topological polar surface area (TPSA) is 134 Å². The highest BCUT2D eigenvalue weighted by atomic mass is 16.5. The molecule has 0 aliphatic carbocycles. The first-order valence-corrected chi connectivity index (χ1v) is 9.63. The number of hydrogen-bond donors (Lipinski definition) is 4. The van der Waals surface area contributed by atoms with Crippen LogP contribution in [0.4, 0.5) is 0 Å². The van der Waals surface area contributed by atoms with E-state index < -0.39 is 5.97 Å². The molecule has 0 unspecified atom stereocenters. The molecule has 0 fully saturated rings. The van der Waals surface area contributed by atoms with Gasteiger partial charge < -0.3 is 29.9 Å². The highest BCUT2D eigenvalue weighted by molar-refractivity contribution is 5.77. The van der Waals surface area contributed by atoms with Gasteiger partial charge in [0.15, 0.2) is 0 Å². The Morgan fingerprint density at radius 2 is 0.903 bits per heavy atom. The Morgan fingerprint density at radius 3 is 1.06 bits per heavy atom. The van der Waals surface area contributed by atoms with E-state index in [9.17, 15) is 9.59 Å². The molecule has 0 aromatic carbocycles. The maximum atomic E-state index is 10.6. The third kappa shape index (κ3) is 194. The quantitative estimate of drug-likeness (QED) is 0.357. The minimum atomic E-state index is -0.391. The van der Waals surface area contributed by atoms with Crippen LogP contribution < -0.4 is 0 Å². The van der Waals surface area contributed by atoms with Gasteiger partial charge >= 0.3 is 11.9 Å². The lowest BCUT2D eigenvalue weighted by molar-refractivity contribution is -0.148. The van der Waals surface area contributed by atoms with Crippen LogP contribution in [-0.4, -0.2) is 72.5 Å². The van der Waals surface area contributed by atoms with E-state index in [-0.39, 0.29) is 45.2 Å². The Hall–Kier alpha value is -2.26. The van der Waals surface area contributed by atoms with Crippen molar-refractivity contribution >= 4 is 11.9 Å². The molecule has 0 aromatic rings. The molecule has 0 aromatic heterocycles. The molecule has 0 amide bonds. The summed E-state index contributed by atoms with van der Waals surface area (Å²) >= 11 is 0. The Kier molecular flexibility index (Phi) is 107. The summed E-state index contributed by atoms with van der Waals surface area (Å²) in [7, 11) is 1.29. The lowest BCUT2D eigenvalue weighted by atomic mass is 10.3. The van der Waals surface area contributed by atoms with E-state index >= 15 is 0 Å². The van der Waals surface area contributed by atoms with Crippen LogP contribution >= 0.6 is 0 Å². The summed E-state index contributed by atoms with van der Waals surface area (Å²) in [5, 5.41) is 30.5. The van der Waals surface area contributed by atoms with Crippen molar-refractivity contribution in [3.05, 3.63) is 50.6 Å². The number of aliphatic hydroxyl groups is 4. The van der Waals surface area contributed by atoms with E-state index in [4.69, 9.17) is 20.4 Å². The van der Waals surface area contributed by atoms with Crippen molar-refractivity contribution in [1.82, 2.24) is 0 Å². The zero-order valence-electron chi connectivity index (χ0n) is 20.5. The Labute approximate surface area is 190 Å². The number of methoxy groups -OCH3 is 1. The molecule has 0 atom stereocenters. The van der Waals surface area contributed by atoms with Gasteiger partial charge in [-0.15, -0.1) is 26.3 Å². The normalized spacial score (nSPS) is 6.77. The average molecular weight is 453 g/mol. The van der Waals surface area contributed by atoms with Crippen LogP contribution in [0.5, 0.6) is 0 Å². The number of rotatable bonds is 6. The SMILES string of the molecule is C=CC.C=CC.C=CC.C=CC.CCOC(=O)CCC(=O)OC.OCCO.OCCO. The summed E-state index contributed by atoms with van der Waals surface area (Å²) in [6.07, 6.45) is 7.19. The Morgan fingerprint density at radius 1 is 0.677 bits per heavy atom. The summed E-state index contributed by atoms with van der Waals surface area (Å²) in [6.45, 7) is 22.6. The molecule has 0 saturated heterocycles. The van der Waals surface area contributed by atoms with Gasteiger partial charge in [-0.2, -0.15) is 0 Å². The fraction of sp³-hybridized carbons (Fsp3) is 0.565. The van der Waals surface area contributed by atoms with Gasteiger partial charge in [0.1, 0.15) is 0 Å². The van der Waals surface area contributed by atoms with Crippen LogP contribution in [0.25, 0.3) is 0 Å². The van der Waals surface area contributed by atoms with Gasteiger partial charge in [0.25, 0.3) is 0 Å². The van der Waals surface area contributed by atoms with Gasteiger partial charge in [-0.1, -0.05) is 24.3 Å². The van der Waals surface area contributed by atoms with Gasteiger partial charge in [0, 0.05) is 0 Å². The van der Waals surface area contributed by atoms with Crippen molar-refractivity contribution in [2.24, 2.45) is 0 Å². The summed E-state index contributed by atoms with van der Waals surface area (Å²) in [5.74, 6) is -0.754. The van der Waals surface area contributed by atoms with E-state index in [0.29, 0.717) is 6.61 Å². The van der Waals surface area contributed by atoms with E-state index in [0.717, 1.165) is 0 Å². The van der Waals surface area contributed by atoms with E-state index in [1.165, 1.54) is 7.11 Å². The first-order chi connectivity index (χ1) is 14.7. The Balaban J connectivity index is -0.0000000484. The van der Waals surface area contributed by atoms with Crippen LogP contribution in [0.15, 0.2) is 50.6 Å². The van der Waals surface area contributed by atoms with Crippen molar-refractivity contribution in [3.8, 4) is 0 Å². The first-order valence-electron chi connectivity index (χ1n) is 9.63. The van der Waals surface area contributed by atoms with Gasteiger partial charge in [-0.05, 0) is 34.6 Å². The van der Waals surface area contributed by atoms with E-state index in [1.54, 1.807) is 31.2 Å². The third-order valence-corrected chi connectivity index (χ3v) is 1.27. The minimum Gasteiger partial charge on any atom is -0.469 e. The Bertz CT molecular complexity index is 310. The first kappa shape index (κ1) is 46.8. The number of ether oxygens (including phenoxy) is 2. The molecule has 8 nitrogen and oxygen atoms in total. The smallest absolute Gasteiger partial charge is 0.306 e. The number of carbonyl (C=O) groups excluding carboxylic acids is 2. The van der Waals surface area contributed by atoms with E-state index in [1.807, 2.05) is 27.7 Å². The molecule has 0 heterocycles. The molecule has 0 radical (unpaired) electrons. The van der Waals surface area contributed by atoms with Crippen LogP contribution in [0.1, 0.15) is 47.5 Å². The highest BCUT2D eigenvalue weighted by Gasteiger charge is 2.06. The number of carbonyl (C=O) groups is 2. The fourth-order valence-corrected chi connectivity index (χ4v) is 0.539. The molecule has 8 heteroatoms. The zero-order valence-corrected chi connectivity index (χ0v) is 20.5. The van der Waals surface area contributed by atoms with Crippen molar-refractivity contribution in [1.29, 1.82) is 0 Å². The summed E-state index contributed by atoms with van der Waals surface area (Å²) in [5.41, 5.74) is 0. The van der Waals surface area contributed by atoms with Gasteiger partial charge in [-0.25, -0.2) is 0 Å². The molecule has 4 N–H and O–H groups in total. The maximum absolute atomic E-state index is 10.6. The number of allylic oxidation sites excluding steroid dienone is 4. The van der Waals surface area contributed by atoms with Gasteiger partial charge in [0.05, 0.1) is 53.0 Å². The largest absolute Gasteiger partial charge is 0.469 e. The van der Waals surface area contributed by atoms with E-state index in [2.05, 4.69) is 35.8 Å². The van der Waals surface area contributed by atoms with Crippen LogP contribution in [0.2, 0.25) is 0 Å². The summed E-state index contributed by atoms with van der Waals surface area (Å²) < 4.78 is 8.92. The number of aliphatic hydroxyl groups excluding tert-OH is 4. The maximum Gasteiger partial charge on any atom is 0.306 e. The van der Waals surface area contributed by atoms with Gasteiger partial charge in [0.2, 0.25) is 0 Å². The molecule has 31 heavy (non-hydrogen) atoms. The van der Waals surface area contributed by atoms with Crippen molar-refractivity contribution in [3.63, 3.8) is 0 Å². The van der Waals surface area contributed by atoms with Crippen LogP contribution in [0, 0.1) is 0 Å². The predicted molar refractivity (Wildman–Crippen MR) is 130 cm³/mol. The monoisotopic (exact) mass is 452 g/mol. The molecule has 0 saturated carbocycles. The fourth-order valence-electron chi connectivity index (χ4n) is 0.539.